The van der Waals surface area contributed by atoms with Crippen LogP contribution in [0.25, 0.3) is 0 Å². The third kappa shape index (κ3) is 5.43. The predicted octanol–water partition coefficient (Wildman–Crippen LogP) is 3.93. The molecule has 0 bridgehead atoms. The van der Waals surface area contributed by atoms with Crippen molar-refractivity contribution < 1.29 is 18.8 Å². The molecule has 0 unspecified atom stereocenters. The first-order valence-corrected chi connectivity index (χ1v) is 8.15. The Labute approximate surface area is 135 Å². The molecule has 4 nitrogen and oxygen atoms in total. The van der Waals surface area contributed by atoms with Gasteiger partial charge in [0.15, 0.2) is 0 Å². The van der Waals surface area contributed by atoms with Crippen molar-refractivity contribution in [1.82, 2.24) is 0 Å². The number of ether oxygens (including phenoxy) is 1. The van der Waals surface area contributed by atoms with Crippen LogP contribution in [-0.4, -0.2) is 30.9 Å². The van der Waals surface area contributed by atoms with E-state index in [4.69, 9.17) is 14.0 Å². The summed E-state index contributed by atoms with van der Waals surface area (Å²) < 4.78 is 17.0. The van der Waals surface area contributed by atoms with E-state index in [1.165, 1.54) is 0 Å². The van der Waals surface area contributed by atoms with Crippen LogP contribution in [0.1, 0.15) is 67.7 Å². The van der Waals surface area contributed by atoms with Crippen molar-refractivity contribution in [2.24, 2.45) is 5.41 Å². The van der Waals surface area contributed by atoms with E-state index in [0.717, 1.165) is 19.3 Å². The Morgan fingerprint density at radius 1 is 1.09 bits per heavy atom. The zero-order valence-electron chi connectivity index (χ0n) is 15.2. The van der Waals surface area contributed by atoms with Crippen molar-refractivity contribution in [1.29, 1.82) is 0 Å². The van der Waals surface area contributed by atoms with Crippen molar-refractivity contribution in [3.8, 4) is 0 Å². The van der Waals surface area contributed by atoms with E-state index in [2.05, 4.69) is 6.08 Å². The van der Waals surface area contributed by atoms with Gasteiger partial charge in [-0.15, -0.1) is 0 Å². The zero-order valence-corrected chi connectivity index (χ0v) is 15.2. The lowest BCUT2D eigenvalue weighted by Gasteiger charge is -2.32. The van der Waals surface area contributed by atoms with Gasteiger partial charge in [0, 0.05) is 0 Å². The van der Waals surface area contributed by atoms with Crippen molar-refractivity contribution >= 4 is 13.1 Å². The molecule has 0 aromatic carbocycles. The molecule has 1 aliphatic rings. The van der Waals surface area contributed by atoms with Gasteiger partial charge in [0.2, 0.25) is 0 Å². The van der Waals surface area contributed by atoms with E-state index in [1.807, 2.05) is 54.4 Å². The van der Waals surface area contributed by atoms with Crippen LogP contribution in [0.5, 0.6) is 0 Å². The third-order valence-electron chi connectivity index (χ3n) is 4.18. The summed E-state index contributed by atoms with van der Waals surface area (Å²) in [6.45, 7) is 14.3. The minimum Gasteiger partial charge on any atom is -0.465 e. The second kappa shape index (κ2) is 7.18. The molecular weight excluding hydrogens is 279 g/mol. The Hall–Kier alpha value is -0.805. The van der Waals surface area contributed by atoms with E-state index >= 15 is 0 Å². The van der Waals surface area contributed by atoms with Crippen LogP contribution in [-0.2, 0) is 18.8 Å². The van der Waals surface area contributed by atoms with Crippen molar-refractivity contribution in [2.75, 3.05) is 6.61 Å². The highest BCUT2D eigenvalue weighted by atomic mass is 16.7. The summed E-state index contributed by atoms with van der Waals surface area (Å²) in [4.78, 5) is 11.6. The lowest BCUT2D eigenvalue weighted by molar-refractivity contribution is -0.153. The molecule has 1 fully saturated rings. The summed E-state index contributed by atoms with van der Waals surface area (Å²) in [5.74, 6) is 1.83. The molecule has 0 aliphatic carbocycles. The largest absolute Gasteiger partial charge is 0.486 e. The van der Waals surface area contributed by atoms with Crippen LogP contribution in [0, 0.1) is 5.41 Å². The van der Waals surface area contributed by atoms with E-state index in [0.29, 0.717) is 6.61 Å². The number of hydrogen-bond donors (Lipinski definition) is 0. The van der Waals surface area contributed by atoms with Gasteiger partial charge in [-0.25, -0.2) is 0 Å². The average molecular weight is 310 g/mol. The maximum atomic E-state index is 11.6. The number of hydrogen-bond acceptors (Lipinski definition) is 4. The topological polar surface area (TPSA) is 44.8 Å². The van der Waals surface area contributed by atoms with Gasteiger partial charge in [0.25, 0.3) is 0 Å². The molecule has 0 atom stereocenters. The van der Waals surface area contributed by atoms with Gasteiger partial charge in [-0.1, -0.05) is 12.1 Å². The van der Waals surface area contributed by atoms with E-state index in [9.17, 15) is 4.79 Å². The van der Waals surface area contributed by atoms with Crippen LogP contribution in [0.2, 0.25) is 0 Å². The molecule has 126 valence electrons. The highest BCUT2D eigenvalue weighted by Crippen LogP contribution is 2.36. The molecular formula is C17H31BO4. The molecule has 0 aromatic heterocycles. The molecule has 0 radical (unpaired) electrons. The Balaban J connectivity index is 2.17. The maximum absolute atomic E-state index is 11.6. The molecule has 5 heteroatoms. The van der Waals surface area contributed by atoms with Crippen LogP contribution < -0.4 is 0 Å². The molecule has 1 rings (SSSR count). The summed E-state index contributed by atoms with van der Waals surface area (Å²) >= 11 is 0. The number of carbonyl (C=O) groups is 1. The number of esters is 1. The van der Waals surface area contributed by atoms with Gasteiger partial charge < -0.3 is 14.0 Å². The predicted molar refractivity (Wildman–Crippen MR) is 89.5 cm³/mol. The minimum atomic E-state index is -0.420. The molecule has 0 spiro atoms. The van der Waals surface area contributed by atoms with Gasteiger partial charge in [-0.3, -0.25) is 4.79 Å². The molecule has 22 heavy (non-hydrogen) atoms. The summed E-state index contributed by atoms with van der Waals surface area (Å²) in [5, 5.41) is 0. The zero-order chi connectivity index (χ0) is 17.0. The maximum Gasteiger partial charge on any atom is 0.486 e. The third-order valence-corrected chi connectivity index (χ3v) is 4.18. The monoisotopic (exact) mass is 310 g/mol. The Bertz CT molecular complexity index is 391. The van der Waals surface area contributed by atoms with E-state index in [1.54, 1.807) is 0 Å². The van der Waals surface area contributed by atoms with Crippen LogP contribution in [0.15, 0.2) is 12.1 Å². The normalized spacial score (nSPS) is 20.6. The lowest BCUT2D eigenvalue weighted by Crippen LogP contribution is -2.41. The number of allylic oxidation sites excluding steroid dienone is 1. The highest BCUT2D eigenvalue weighted by molar-refractivity contribution is 6.51. The summed E-state index contributed by atoms with van der Waals surface area (Å²) in [6.07, 6.45) is 4.85. The van der Waals surface area contributed by atoms with Crippen molar-refractivity contribution in [2.45, 2.75) is 78.9 Å². The Kier molecular flexibility index (Phi) is 6.28. The number of rotatable bonds is 6. The lowest BCUT2D eigenvalue weighted by atomic mass is 9.89. The van der Waals surface area contributed by atoms with Crippen molar-refractivity contribution in [3.05, 3.63) is 12.1 Å². The second-order valence-electron chi connectivity index (χ2n) is 7.93. The Morgan fingerprint density at radius 3 is 2.14 bits per heavy atom. The number of unbranched alkanes of at least 4 members (excludes halogenated alkanes) is 2. The fraction of sp³-hybridized carbons (Fsp3) is 0.824. The first-order chi connectivity index (χ1) is 9.96. The standard InChI is InChI=1S/C17H31BO4/c1-15(2,3)14(19)20-13-11-9-8-10-12-18-21-16(4,5)17(6,7)22-18/h10,12H,8-9,11,13H2,1-7H3/b12-10+. The first kappa shape index (κ1) is 19.2. The highest BCUT2D eigenvalue weighted by Gasteiger charge is 2.49. The quantitative estimate of drug-likeness (QED) is 0.423. The minimum absolute atomic E-state index is 0.139. The SMILES string of the molecule is CC(C)(C)C(=O)OCCCC/C=C/B1OC(C)(C)C(C)(C)O1. The smallest absolute Gasteiger partial charge is 0.465 e. The fourth-order valence-corrected chi connectivity index (χ4v) is 1.92. The molecule has 0 amide bonds. The van der Waals surface area contributed by atoms with Gasteiger partial charge in [-0.2, -0.15) is 0 Å². The second-order valence-corrected chi connectivity index (χ2v) is 7.93. The van der Waals surface area contributed by atoms with Gasteiger partial charge in [0.05, 0.1) is 23.2 Å². The molecule has 0 N–H and O–H groups in total. The summed E-state index contributed by atoms with van der Waals surface area (Å²) in [5.41, 5.74) is -0.997. The molecule has 1 saturated heterocycles. The molecule has 1 heterocycles. The summed E-state index contributed by atoms with van der Waals surface area (Å²) in [7, 11) is -0.274. The van der Waals surface area contributed by atoms with Crippen LogP contribution >= 0.6 is 0 Å². The van der Waals surface area contributed by atoms with Crippen LogP contribution in [0.4, 0.5) is 0 Å². The number of carbonyl (C=O) groups excluding carboxylic acids is 1. The van der Waals surface area contributed by atoms with Gasteiger partial charge >= 0.3 is 13.1 Å². The average Bonchev–Trinajstić information content (AvgIpc) is 2.55. The van der Waals surface area contributed by atoms with E-state index in [-0.39, 0.29) is 24.3 Å². The van der Waals surface area contributed by atoms with Gasteiger partial charge in [0.1, 0.15) is 0 Å². The Morgan fingerprint density at radius 2 is 1.64 bits per heavy atom. The summed E-state index contributed by atoms with van der Waals surface area (Å²) in [6, 6.07) is 0. The van der Waals surface area contributed by atoms with Crippen molar-refractivity contribution in [3.63, 3.8) is 0 Å². The van der Waals surface area contributed by atoms with E-state index < -0.39 is 5.41 Å². The molecule has 1 aliphatic heterocycles. The molecule has 0 aromatic rings. The van der Waals surface area contributed by atoms with Gasteiger partial charge in [-0.05, 0) is 67.7 Å². The fourth-order valence-electron chi connectivity index (χ4n) is 1.92. The first-order valence-electron chi connectivity index (χ1n) is 8.15. The van der Waals surface area contributed by atoms with Crippen LogP contribution in [0.3, 0.4) is 0 Å². The molecule has 0 saturated carbocycles.